The zero-order chi connectivity index (χ0) is 18.1. The highest BCUT2D eigenvalue weighted by Crippen LogP contribution is 2.29. The Labute approximate surface area is 161 Å². The molecule has 0 atom stereocenters. The Bertz CT molecular complexity index is 963. The van der Waals surface area contributed by atoms with Gasteiger partial charge in [0.25, 0.3) is 5.91 Å². The molecule has 26 heavy (non-hydrogen) atoms. The number of amides is 1. The SMILES string of the molecule is O=C(NC1CCCCC1)c1cnn2c(-c3ccc(Cl)c(Cl)c3)ccnc12. The molecule has 5 nitrogen and oxygen atoms in total. The van der Waals surface area contributed by atoms with Gasteiger partial charge in [0.15, 0.2) is 5.65 Å². The second-order valence-corrected chi connectivity index (χ2v) is 7.38. The van der Waals surface area contributed by atoms with E-state index in [9.17, 15) is 4.79 Å². The van der Waals surface area contributed by atoms with Crippen molar-refractivity contribution in [3.8, 4) is 11.3 Å². The Morgan fingerprint density at radius 2 is 1.92 bits per heavy atom. The normalized spacial score (nSPS) is 15.3. The Morgan fingerprint density at radius 1 is 1.12 bits per heavy atom. The standard InChI is InChI=1S/C19H18Cl2N4O/c20-15-7-6-12(10-16(15)21)17-8-9-22-18-14(11-23-25(17)18)19(26)24-13-4-2-1-3-5-13/h6-11,13H,1-5H2,(H,24,26). The molecule has 1 aliphatic carbocycles. The summed E-state index contributed by atoms with van der Waals surface area (Å²) in [6.45, 7) is 0. The number of hydrogen-bond acceptors (Lipinski definition) is 3. The highest BCUT2D eigenvalue weighted by atomic mass is 35.5. The molecule has 1 fully saturated rings. The lowest BCUT2D eigenvalue weighted by molar-refractivity contribution is 0.0929. The fourth-order valence-electron chi connectivity index (χ4n) is 3.44. The van der Waals surface area contributed by atoms with E-state index in [0.29, 0.717) is 21.3 Å². The highest BCUT2D eigenvalue weighted by molar-refractivity contribution is 6.42. The third-order valence-corrected chi connectivity index (χ3v) is 5.54. The summed E-state index contributed by atoms with van der Waals surface area (Å²) in [4.78, 5) is 17.1. The molecule has 7 heteroatoms. The molecule has 1 aliphatic rings. The van der Waals surface area contributed by atoms with Crippen molar-refractivity contribution in [3.63, 3.8) is 0 Å². The second-order valence-electron chi connectivity index (χ2n) is 6.56. The van der Waals surface area contributed by atoms with Gasteiger partial charge in [0.05, 0.1) is 21.9 Å². The van der Waals surface area contributed by atoms with Crippen LogP contribution in [0, 0.1) is 0 Å². The zero-order valence-electron chi connectivity index (χ0n) is 14.1. The van der Waals surface area contributed by atoms with Gasteiger partial charge in [-0.05, 0) is 31.0 Å². The average Bonchev–Trinajstić information content (AvgIpc) is 3.09. The van der Waals surface area contributed by atoms with E-state index in [0.717, 1.165) is 24.1 Å². The molecule has 2 heterocycles. The van der Waals surface area contributed by atoms with E-state index >= 15 is 0 Å². The number of rotatable bonds is 3. The maximum absolute atomic E-state index is 12.7. The lowest BCUT2D eigenvalue weighted by Gasteiger charge is -2.22. The van der Waals surface area contributed by atoms with Gasteiger partial charge in [0, 0.05) is 17.8 Å². The van der Waals surface area contributed by atoms with E-state index in [1.807, 2.05) is 12.1 Å². The van der Waals surface area contributed by atoms with E-state index in [2.05, 4.69) is 15.4 Å². The van der Waals surface area contributed by atoms with Crippen LogP contribution in [0.25, 0.3) is 16.9 Å². The molecule has 0 spiro atoms. The van der Waals surface area contributed by atoms with Gasteiger partial charge in [-0.15, -0.1) is 0 Å². The first-order valence-electron chi connectivity index (χ1n) is 8.72. The third kappa shape index (κ3) is 3.29. The van der Waals surface area contributed by atoms with Gasteiger partial charge in [-0.25, -0.2) is 9.50 Å². The summed E-state index contributed by atoms with van der Waals surface area (Å²) < 4.78 is 1.66. The first-order chi connectivity index (χ1) is 12.6. The molecule has 0 radical (unpaired) electrons. The highest BCUT2D eigenvalue weighted by Gasteiger charge is 2.20. The summed E-state index contributed by atoms with van der Waals surface area (Å²) in [5.41, 5.74) is 2.67. The Hall–Kier alpha value is -2.11. The van der Waals surface area contributed by atoms with Crippen LogP contribution in [0.15, 0.2) is 36.7 Å². The van der Waals surface area contributed by atoms with E-state index in [4.69, 9.17) is 23.2 Å². The van der Waals surface area contributed by atoms with Crippen LogP contribution in [-0.4, -0.2) is 26.5 Å². The van der Waals surface area contributed by atoms with Crippen LogP contribution in [0.1, 0.15) is 42.5 Å². The van der Waals surface area contributed by atoms with Gasteiger partial charge in [0.1, 0.15) is 5.56 Å². The van der Waals surface area contributed by atoms with Crippen molar-refractivity contribution in [2.45, 2.75) is 38.1 Å². The molecular formula is C19H18Cl2N4O. The van der Waals surface area contributed by atoms with Crippen LogP contribution in [0.5, 0.6) is 0 Å². The molecule has 0 aliphatic heterocycles. The maximum Gasteiger partial charge on any atom is 0.256 e. The molecule has 1 amide bonds. The van der Waals surface area contributed by atoms with Crippen molar-refractivity contribution >= 4 is 34.8 Å². The summed E-state index contributed by atoms with van der Waals surface area (Å²) >= 11 is 12.1. The van der Waals surface area contributed by atoms with Crippen molar-refractivity contribution in [1.82, 2.24) is 19.9 Å². The van der Waals surface area contributed by atoms with Gasteiger partial charge in [0.2, 0.25) is 0 Å². The fourth-order valence-corrected chi connectivity index (χ4v) is 3.73. The van der Waals surface area contributed by atoms with Crippen molar-refractivity contribution in [2.75, 3.05) is 0 Å². The topological polar surface area (TPSA) is 59.3 Å². The molecule has 0 saturated heterocycles. The summed E-state index contributed by atoms with van der Waals surface area (Å²) in [5, 5.41) is 8.46. The summed E-state index contributed by atoms with van der Waals surface area (Å²) in [5.74, 6) is -0.120. The van der Waals surface area contributed by atoms with Gasteiger partial charge in [-0.3, -0.25) is 4.79 Å². The molecule has 2 aromatic heterocycles. The van der Waals surface area contributed by atoms with Crippen LogP contribution in [0.4, 0.5) is 0 Å². The molecular weight excluding hydrogens is 371 g/mol. The zero-order valence-corrected chi connectivity index (χ0v) is 15.6. The predicted molar refractivity (Wildman–Crippen MR) is 103 cm³/mol. The van der Waals surface area contributed by atoms with Crippen LogP contribution < -0.4 is 5.32 Å². The minimum Gasteiger partial charge on any atom is -0.349 e. The Morgan fingerprint density at radius 3 is 2.69 bits per heavy atom. The molecule has 1 N–H and O–H groups in total. The van der Waals surface area contributed by atoms with Gasteiger partial charge in [-0.1, -0.05) is 48.5 Å². The van der Waals surface area contributed by atoms with Crippen molar-refractivity contribution in [2.24, 2.45) is 0 Å². The summed E-state index contributed by atoms with van der Waals surface area (Å²) in [6, 6.07) is 7.47. The van der Waals surface area contributed by atoms with Gasteiger partial charge in [-0.2, -0.15) is 5.10 Å². The summed E-state index contributed by atoms with van der Waals surface area (Å²) in [7, 11) is 0. The number of benzene rings is 1. The molecule has 134 valence electrons. The molecule has 3 aromatic rings. The van der Waals surface area contributed by atoms with Gasteiger partial charge < -0.3 is 5.32 Å². The van der Waals surface area contributed by atoms with Crippen molar-refractivity contribution in [3.05, 3.63) is 52.3 Å². The van der Waals surface area contributed by atoms with E-state index in [1.165, 1.54) is 19.3 Å². The van der Waals surface area contributed by atoms with Gasteiger partial charge >= 0.3 is 0 Å². The summed E-state index contributed by atoms with van der Waals surface area (Å²) in [6.07, 6.45) is 8.89. The number of aromatic nitrogens is 3. The van der Waals surface area contributed by atoms with Crippen LogP contribution >= 0.6 is 23.2 Å². The molecule has 4 rings (SSSR count). The minimum atomic E-state index is -0.120. The number of fused-ring (bicyclic) bond motifs is 1. The monoisotopic (exact) mass is 388 g/mol. The minimum absolute atomic E-state index is 0.120. The number of halogens is 2. The second kappa shape index (κ2) is 7.25. The quantitative estimate of drug-likeness (QED) is 0.702. The number of carbonyl (C=O) groups is 1. The van der Waals surface area contributed by atoms with Crippen molar-refractivity contribution < 1.29 is 4.79 Å². The Balaban J connectivity index is 1.68. The van der Waals surface area contributed by atoms with E-state index in [-0.39, 0.29) is 11.9 Å². The van der Waals surface area contributed by atoms with E-state index in [1.54, 1.807) is 29.0 Å². The predicted octanol–water partition coefficient (Wildman–Crippen LogP) is 4.77. The smallest absolute Gasteiger partial charge is 0.256 e. The number of carbonyl (C=O) groups excluding carboxylic acids is 1. The number of nitrogens with one attached hydrogen (secondary N) is 1. The molecule has 1 aromatic carbocycles. The first kappa shape index (κ1) is 17.3. The first-order valence-corrected chi connectivity index (χ1v) is 9.48. The average molecular weight is 389 g/mol. The Kier molecular flexibility index (Phi) is 4.83. The number of nitrogens with zero attached hydrogens (tertiary/aromatic N) is 3. The largest absolute Gasteiger partial charge is 0.349 e. The van der Waals surface area contributed by atoms with Crippen molar-refractivity contribution in [1.29, 1.82) is 0 Å². The third-order valence-electron chi connectivity index (χ3n) is 4.80. The number of hydrogen-bond donors (Lipinski definition) is 1. The van der Waals surface area contributed by atoms with E-state index < -0.39 is 0 Å². The van der Waals surface area contributed by atoms with Crippen LogP contribution in [-0.2, 0) is 0 Å². The van der Waals surface area contributed by atoms with Crippen LogP contribution in [0.3, 0.4) is 0 Å². The molecule has 1 saturated carbocycles. The van der Waals surface area contributed by atoms with Crippen LogP contribution in [0.2, 0.25) is 10.0 Å². The maximum atomic E-state index is 12.7. The molecule has 0 unspecified atom stereocenters. The lowest BCUT2D eigenvalue weighted by Crippen LogP contribution is -2.36. The lowest BCUT2D eigenvalue weighted by atomic mass is 9.95. The fraction of sp³-hybridized carbons (Fsp3) is 0.316. The molecule has 0 bridgehead atoms.